The number of aryl methyl sites for hydroxylation is 1. The van der Waals surface area contributed by atoms with E-state index in [4.69, 9.17) is 4.98 Å². The number of amides is 1. The summed E-state index contributed by atoms with van der Waals surface area (Å²) in [7, 11) is 0. The molecule has 1 saturated heterocycles. The van der Waals surface area contributed by atoms with Gasteiger partial charge in [-0.25, -0.2) is 4.98 Å². The minimum absolute atomic E-state index is 0.102. The summed E-state index contributed by atoms with van der Waals surface area (Å²) >= 11 is 1.71. The normalized spacial score (nSPS) is 21.6. The molecule has 1 saturated carbocycles. The zero-order chi connectivity index (χ0) is 19.2. The lowest BCUT2D eigenvalue weighted by molar-refractivity contribution is -0.133. The number of rotatable bonds is 7. The summed E-state index contributed by atoms with van der Waals surface area (Å²) in [5, 5.41) is 3.25. The molecular formula is C22H34N2O2S. The number of Topliss-reactive ketones (excluding diaryl/α,β-unsaturated/α-hetero) is 1. The Balaban J connectivity index is 1.51. The number of nitrogens with zero attached hydrogens (tertiary/aromatic N) is 2. The van der Waals surface area contributed by atoms with E-state index in [-0.39, 0.29) is 5.92 Å². The first kappa shape index (κ1) is 20.5. The molecule has 1 aromatic rings. The molecule has 2 heterocycles. The van der Waals surface area contributed by atoms with Crippen LogP contribution >= 0.6 is 11.3 Å². The van der Waals surface area contributed by atoms with E-state index < -0.39 is 0 Å². The smallest absolute Gasteiger partial charge is 0.222 e. The van der Waals surface area contributed by atoms with Crippen molar-refractivity contribution in [3.8, 4) is 0 Å². The fraction of sp³-hybridized carbons (Fsp3) is 0.773. The summed E-state index contributed by atoms with van der Waals surface area (Å²) in [5.41, 5.74) is 1.04. The first-order valence-corrected chi connectivity index (χ1v) is 11.7. The van der Waals surface area contributed by atoms with E-state index in [1.807, 2.05) is 13.8 Å². The van der Waals surface area contributed by atoms with Crippen LogP contribution in [0.5, 0.6) is 0 Å². The lowest BCUT2D eigenvalue weighted by Crippen LogP contribution is -2.40. The number of thiazole rings is 1. The Morgan fingerprint density at radius 3 is 2.70 bits per heavy atom. The van der Waals surface area contributed by atoms with Gasteiger partial charge < -0.3 is 4.90 Å². The van der Waals surface area contributed by atoms with Gasteiger partial charge in [-0.2, -0.15) is 0 Å². The van der Waals surface area contributed by atoms with Gasteiger partial charge in [0.25, 0.3) is 0 Å². The molecule has 1 aromatic heterocycles. The molecule has 2 fully saturated rings. The van der Waals surface area contributed by atoms with Crippen LogP contribution in [0.4, 0.5) is 0 Å². The van der Waals surface area contributed by atoms with Gasteiger partial charge in [0.1, 0.15) is 5.78 Å². The quantitative estimate of drug-likeness (QED) is 0.660. The molecule has 0 spiro atoms. The molecule has 3 rings (SSSR count). The zero-order valence-electron chi connectivity index (χ0n) is 16.9. The highest BCUT2D eigenvalue weighted by atomic mass is 32.1. The second-order valence-corrected chi connectivity index (χ2v) is 9.57. The monoisotopic (exact) mass is 390 g/mol. The van der Waals surface area contributed by atoms with Gasteiger partial charge in [0.15, 0.2) is 0 Å². The Hall–Kier alpha value is -1.23. The molecule has 5 heteroatoms. The molecule has 1 amide bonds. The van der Waals surface area contributed by atoms with Crippen molar-refractivity contribution in [2.45, 2.75) is 84.0 Å². The van der Waals surface area contributed by atoms with Gasteiger partial charge in [-0.05, 0) is 38.0 Å². The standard InChI is InChI=1S/C22H34N2O2S/c1-16(2)20(25)11-10-19-15-27-22(23-19)18-9-6-12-24(14-18)21(26)13-17-7-4-3-5-8-17/h15-18H,3-14H2,1-2H3. The molecule has 0 radical (unpaired) electrons. The van der Waals surface area contributed by atoms with Gasteiger partial charge in [-0.1, -0.05) is 33.1 Å². The molecule has 27 heavy (non-hydrogen) atoms. The average molecular weight is 391 g/mol. The number of carbonyl (C=O) groups is 2. The molecular weight excluding hydrogens is 356 g/mol. The van der Waals surface area contributed by atoms with Gasteiger partial charge in [0.2, 0.25) is 5.91 Å². The summed E-state index contributed by atoms with van der Waals surface area (Å²) in [6.45, 7) is 5.64. The fourth-order valence-corrected chi connectivity index (χ4v) is 5.32. The summed E-state index contributed by atoms with van der Waals surface area (Å²) < 4.78 is 0. The Labute approximate surface area is 167 Å². The molecule has 1 atom stereocenters. The maximum absolute atomic E-state index is 12.8. The van der Waals surface area contributed by atoms with Crippen LogP contribution in [-0.4, -0.2) is 34.7 Å². The molecule has 150 valence electrons. The van der Waals surface area contributed by atoms with Gasteiger partial charge >= 0.3 is 0 Å². The summed E-state index contributed by atoms with van der Waals surface area (Å²) in [6.07, 6.45) is 10.6. The third-order valence-electron chi connectivity index (χ3n) is 6.15. The minimum atomic E-state index is 0.102. The number of carbonyl (C=O) groups excluding carboxylic acids is 2. The first-order valence-electron chi connectivity index (χ1n) is 10.8. The Bertz CT molecular complexity index is 634. The molecule has 0 aromatic carbocycles. The molecule has 1 aliphatic heterocycles. The van der Waals surface area contributed by atoms with Crippen molar-refractivity contribution in [2.24, 2.45) is 11.8 Å². The van der Waals surface area contributed by atoms with Crippen LogP contribution in [0.2, 0.25) is 0 Å². The van der Waals surface area contributed by atoms with E-state index in [1.165, 1.54) is 32.1 Å². The van der Waals surface area contributed by atoms with Gasteiger partial charge in [-0.15, -0.1) is 11.3 Å². The number of ketones is 1. The van der Waals surface area contributed by atoms with Crippen LogP contribution < -0.4 is 0 Å². The van der Waals surface area contributed by atoms with E-state index >= 15 is 0 Å². The summed E-state index contributed by atoms with van der Waals surface area (Å²) in [5.74, 6) is 1.74. The fourth-order valence-electron chi connectivity index (χ4n) is 4.34. The van der Waals surface area contributed by atoms with E-state index in [1.54, 1.807) is 11.3 Å². The van der Waals surface area contributed by atoms with E-state index in [2.05, 4.69) is 10.3 Å². The number of hydrogen-bond acceptors (Lipinski definition) is 4. The Morgan fingerprint density at radius 1 is 1.19 bits per heavy atom. The lowest BCUT2D eigenvalue weighted by atomic mass is 9.86. The van der Waals surface area contributed by atoms with Crippen molar-refractivity contribution >= 4 is 23.0 Å². The van der Waals surface area contributed by atoms with E-state index in [0.717, 1.165) is 49.5 Å². The number of aromatic nitrogens is 1. The lowest BCUT2D eigenvalue weighted by Gasteiger charge is -2.33. The maximum Gasteiger partial charge on any atom is 0.222 e. The SMILES string of the molecule is CC(C)C(=O)CCc1csc(C2CCCN(C(=O)CC3CCCCC3)C2)n1. The van der Waals surface area contributed by atoms with Crippen molar-refractivity contribution < 1.29 is 9.59 Å². The van der Waals surface area contributed by atoms with Crippen molar-refractivity contribution in [3.63, 3.8) is 0 Å². The molecule has 4 nitrogen and oxygen atoms in total. The molecule has 1 unspecified atom stereocenters. The third-order valence-corrected chi connectivity index (χ3v) is 7.21. The van der Waals surface area contributed by atoms with Crippen molar-refractivity contribution in [3.05, 3.63) is 16.1 Å². The van der Waals surface area contributed by atoms with Crippen molar-refractivity contribution in [1.82, 2.24) is 9.88 Å². The number of hydrogen-bond donors (Lipinski definition) is 0. The highest BCUT2D eigenvalue weighted by Crippen LogP contribution is 2.32. The summed E-state index contributed by atoms with van der Waals surface area (Å²) in [4.78, 5) is 31.5. The van der Waals surface area contributed by atoms with Crippen LogP contribution in [0.15, 0.2) is 5.38 Å². The van der Waals surface area contributed by atoms with Gasteiger partial charge in [0.05, 0.1) is 10.7 Å². The highest BCUT2D eigenvalue weighted by molar-refractivity contribution is 7.09. The van der Waals surface area contributed by atoms with E-state index in [9.17, 15) is 9.59 Å². The molecule has 0 N–H and O–H groups in total. The molecule has 2 aliphatic rings. The Kier molecular flexibility index (Phi) is 7.45. The minimum Gasteiger partial charge on any atom is -0.342 e. The van der Waals surface area contributed by atoms with Crippen molar-refractivity contribution in [1.29, 1.82) is 0 Å². The zero-order valence-corrected chi connectivity index (χ0v) is 17.7. The second-order valence-electron chi connectivity index (χ2n) is 8.69. The first-order chi connectivity index (χ1) is 13.0. The molecule has 0 bridgehead atoms. The molecule has 1 aliphatic carbocycles. The number of likely N-dealkylation sites (tertiary alicyclic amines) is 1. The van der Waals surface area contributed by atoms with Crippen LogP contribution in [0.1, 0.15) is 88.3 Å². The topological polar surface area (TPSA) is 50.3 Å². The van der Waals surface area contributed by atoms with Crippen LogP contribution in [-0.2, 0) is 16.0 Å². The average Bonchev–Trinajstić information content (AvgIpc) is 3.16. The predicted octanol–water partition coefficient (Wildman–Crippen LogP) is 4.98. The highest BCUT2D eigenvalue weighted by Gasteiger charge is 2.28. The Morgan fingerprint density at radius 2 is 1.96 bits per heavy atom. The second kappa shape index (κ2) is 9.81. The van der Waals surface area contributed by atoms with Crippen LogP contribution in [0.3, 0.4) is 0 Å². The van der Waals surface area contributed by atoms with Gasteiger partial charge in [-0.3, -0.25) is 9.59 Å². The summed E-state index contributed by atoms with van der Waals surface area (Å²) in [6, 6.07) is 0. The van der Waals surface area contributed by atoms with Crippen LogP contribution in [0.25, 0.3) is 0 Å². The van der Waals surface area contributed by atoms with Crippen LogP contribution in [0, 0.1) is 11.8 Å². The van der Waals surface area contributed by atoms with E-state index in [0.29, 0.717) is 29.9 Å². The van der Waals surface area contributed by atoms with Crippen molar-refractivity contribution in [2.75, 3.05) is 13.1 Å². The van der Waals surface area contributed by atoms with Gasteiger partial charge in [0, 0.05) is 43.1 Å². The third kappa shape index (κ3) is 5.87. The predicted molar refractivity (Wildman–Crippen MR) is 110 cm³/mol. The largest absolute Gasteiger partial charge is 0.342 e. The number of piperidine rings is 1. The maximum atomic E-state index is 12.8.